The maximum Gasteiger partial charge on any atom is 0.330 e. The Hall–Kier alpha value is -2.70. The number of rotatable bonds is 3. The quantitative estimate of drug-likeness (QED) is 0.768. The van der Waals surface area contributed by atoms with Gasteiger partial charge in [0.1, 0.15) is 17.2 Å². The van der Waals surface area contributed by atoms with Crippen LogP contribution in [0, 0.1) is 5.82 Å². The Balaban J connectivity index is 2.29. The third kappa shape index (κ3) is 2.26. The summed E-state index contributed by atoms with van der Waals surface area (Å²) in [7, 11) is 0. The highest BCUT2D eigenvalue weighted by molar-refractivity contribution is 5.75. The standard InChI is InChI=1S/C14H13FN4O2/c1-2-6-19-12-10(13(20)18-14(19)21)16-11(17-12)8-4-3-5-9(15)7-8/h3-5,7H,2,6H2,1H3,(H,16,17)(H,18,20,21). The molecule has 2 aromatic heterocycles. The van der Waals surface area contributed by atoms with Crippen molar-refractivity contribution in [3.63, 3.8) is 0 Å². The second-order valence-corrected chi connectivity index (χ2v) is 4.71. The maximum absolute atomic E-state index is 13.3. The van der Waals surface area contributed by atoms with E-state index in [2.05, 4.69) is 15.0 Å². The molecule has 2 N–H and O–H groups in total. The average Bonchev–Trinajstić information content (AvgIpc) is 2.89. The summed E-state index contributed by atoms with van der Waals surface area (Å²) in [6.45, 7) is 2.36. The van der Waals surface area contributed by atoms with Crippen LogP contribution in [0.3, 0.4) is 0 Å². The first-order valence-corrected chi connectivity index (χ1v) is 6.59. The number of nitrogens with zero attached hydrogens (tertiary/aromatic N) is 2. The van der Waals surface area contributed by atoms with Crippen LogP contribution in [0.25, 0.3) is 22.6 Å². The Labute approximate surface area is 118 Å². The Morgan fingerprint density at radius 3 is 2.81 bits per heavy atom. The molecule has 0 aliphatic heterocycles. The fourth-order valence-electron chi connectivity index (χ4n) is 2.24. The van der Waals surface area contributed by atoms with E-state index in [0.717, 1.165) is 6.42 Å². The molecule has 0 radical (unpaired) electrons. The van der Waals surface area contributed by atoms with Crippen molar-refractivity contribution < 1.29 is 4.39 Å². The van der Waals surface area contributed by atoms with Crippen LogP contribution in [-0.4, -0.2) is 19.5 Å². The first-order valence-electron chi connectivity index (χ1n) is 6.59. The molecule has 0 unspecified atom stereocenters. The lowest BCUT2D eigenvalue weighted by molar-refractivity contribution is 0.628. The fraction of sp³-hybridized carbons (Fsp3) is 0.214. The molecule has 2 heterocycles. The molecule has 0 atom stereocenters. The molecule has 0 saturated carbocycles. The van der Waals surface area contributed by atoms with Gasteiger partial charge in [-0.3, -0.25) is 14.3 Å². The summed E-state index contributed by atoms with van der Waals surface area (Å²) in [4.78, 5) is 33.1. The normalized spacial score (nSPS) is 11.1. The smallest absolute Gasteiger partial charge is 0.330 e. The van der Waals surface area contributed by atoms with E-state index < -0.39 is 17.1 Å². The Morgan fingerprint density at radius 2 is 2.10 bits per heavy atom. The SMILES string of the molecule is CCCn1c(=O)[nH]c(=O)c2[nH]c(-c3cccc(F)c3)nc21. The fourth-order valence-corrected chi connectivity index (χ4v) is 2.24. The van der Waals surface area contributed by atoms with Gasteiger partial charge in [-0.1, -0.05) is 19.1 Å². The van der Waals surface area contributed by atoms with Crippen LogP contribution in [0.1, 0.15) is 13.3 Å². The van der Waals surface area contributed by atoms with E-state index >= 15 is 0 Å². The summed E-state index contributed by atoms with van der Waals surface area (Å²) >= 11 is 0. The van der Waals surface area contributed by atoms with Gasteiger partial charge < -0.3 is 4.98 Å². The zero-order valence-corrected chi connectivity index (χ0v) is 11.3. The van der Waals surface area contributed by atoms with Crippen LogP contribution in [0.2, 0.25) is 0 Å². The van der Waals surface area contributed by atoms with Crippen LogP contribution in [0.15, 0.2) is 33.9 Å². The number of hydrogen-bond donors (Lipinski definition) is 2. The number of aryl methyl sites for hydroxylation is 1. The summed E-state index contributed by atoms with van der Waals surface area (Å²) in [6, 6.07) is 5.87. The molecular formula is C14H13FN4O2. The number of benzene rings is 1. The first kappa shape index (κ1) is 13.3. The number of halogens is 1. The summed E-state index contributed by atoms with van der Waals surface area (Å²) in [5.74, 6) is -0.0433. The number of fused-ring (bicyclic) bond motifs is 1. The number of aromatic nitrogens is 4. The van der Waals surface area contributed by atoms with Gasteiger partial charge in [-0.25, -0.2) is 14.2 Å². The average molecular weight is 288 g/mol. The van der Waals surface area contributed by atoms with E-state index in [9.17, 15) is 14.0 Å². The van der Waals surface area contributed by atoms with Crippen LogP contribution in [0.5, 0.6) is 0 Å². The third-order valence-corrected chi connectivity index (χ3v) is 3.18. The topological polar surface area (TPSA) is 83.5 Å². The molecule has 0 saturated heterocycles. The van der Waals surface area contributed by atoms with Crippen LogP contribution in [-0.2, 0) is 6.54 Å². The predicted molar refractivity (Wildman–Crippen MR) is 76.7 cm³/mol. The summed E-state index contributed by atoms with van der Waals surface area (Å²) < 4.78 is 14.7. The number of aromatic amines is 2. The third-order valence-electron chi connectivity index (χ3n) is 3.18. The minimum atomic E-state index is -0.530. The summed E-state index contributed by atoms with van der Waals surface area (Å²) in [6.07, 6.45) is 0.725. The van der Waals surface area contributed by atoms with Crippen LogP contribution < -0.4 is 11.2 Å². The minimum absolute atomic E-state index is 0.210. The van der Waals surface area contributed by atoms with Crippen molar-refractivity contribution in [2.75, 3.05) is 0 Å². The molecule has 108 valence electrons. The summed E-state index contributed by atoms with van der Waals surface area (Å²) in [5.41, 5.74) is -0.0163. The number of nitrogens with one attached hydrogen (secondary N) is 2. The zero-order valence-electron chi connectivity index (χ0n) is 11.3. The molecule has 0 spiro atoms. The van der Waals surface area contributed by atoms with Crippen LogP contribution >= 0.6 is 0 Å². The van der Waals surface area contributed by atoms with E-state index in [-0.39, 0.29) is 11.2 Å². The van der Waals surface area contributed by atoms with E-state index in [4.69, 9.17) is 0 Å². The van der Waals surface area contributed by atoms with Crippen molar-refractivity contribution in [3.8, 4) is 11.4 Å². The van der Waals surface area contributed by atoms with Crippen molar-refractivity contribution in [2.45, 2.75) is 19.9 Å². The Bertz CT molecular complexity index is 923. The molecule has 3 aromatic rings. The monoisotopic (exact) mass is 288 g/mol. The minimum Gasteiger partial charge on any atom is -0.332 e. The molecule has 6 nitrogen and oxygen atoms in total. The van der Waals surface area contributed by atoms with Gasteiger partial charge in [-0.2, -0.15) is 0 Å². The highest BCUT2D eigenvalue weighted by Crippen LogP contribution is 2.18. The highest BCUT2D eigenvalue weighted by atomic mass is 19.1. The second-order valence-electron chi connectivity index (χ2n) is 4.71. The van der Waals surface area contributed by atoms with E-state index in [1.54, 1.807) is 12.1 Å². The van der Waals surface area contributed by atoms with E-state index in [1.807, 2.05) is 6.92 Å². The van der Waals surface area contributed by atoms with Crippen molar-refractivity contribution >= 4 is 11.2 Å². The van der Waals surface area contributed by atoms with E-state index in [1.165, 1.54) is 16.7 Å². The second kappa shape index (κ2) is 5.01. The molecule has 0 amide bonds. The van der Waals surface area contributed by atoms with Gasteiger partial charge in [0.2, 0.25) is 0 Å². The van der Waals surface area contributed by atoms with Crippen molar-refractivity contribution in [1.29, 1.82) is 0 Å². The lowest BCUT2D eigenvalue weighted by Crippen LogP contribution is -2.30. The molecule has 0 bridgehead atoms. The highest BCUT2D eigenvalue weighted by Gasteiger charge is 2.13. The lowest BCUT2D eigenvalue weighted by Gasteiger charge is -2.02. The molecule has 1 aromatic carbocycles. The van der Waals surface area contributed by atoms with Gasteiger partial charge >= 0.3 is 5.69 Å². The largest absolute Gasteiger partial charge is 0.332 e. The lowest BCUT2D eigenvalue weighted by atomic mass is 10.2. The predicted octanol–water partition coefficient (Wildman–Crippen LogP) is 1.63. The van der Waals surface area contributed by atoms with Gasteiger partial charge in [-0.05, 0) is 18.6 Å². The van der Waals surface area contributed by atoms with Crippen molar-refractivity contribution in [1.82, 2.24) is 19.5 Å². The zero-order chi connectivity index (χ0) is 15.0. The van der Waals surface area contributed by atoms with Crippen molar-refractivity contribution in [3.05, 3.63) is 50.9 Å². The molecule has 7 heteroatoms. The molecular weight excluding hydrogens is 275 g/mol. The number of imidazole rings is 1. The van der Waals surface area contributed by atoms with Gasteiger partial charge in [0.15, 0.2) is 5.65 Å². The van der Waals surface area contributed by atoms with E-state index in [0.29, 0.717) is 17.9 Å². The Morgan fingerprint density at radius 1 is 1.29 bits per heavy atom. The number of H-pyrrole nitrogens is 2. The molecule has 0 aliphatic carbocycles. The van der Waals surface area contributed by atoms with Gasteiger partial charge in [0.05, 0.1) is 0 Å². The van der Waals surface area contributed by atoms with Gasteiger partial charge in [-0.15, -0.1) is 0 Å². The first-order chi connectivity index (χ1) is 10.1. The van der Waals surface area contributed by atoms with Gasteiger partial charge in [0.25, 0.3) is 5.56 Å². The number of hydrogen-bond acceptors (Lipinski definition) is 3. The molecule has 3 rings (SSSR count). The summed E-state index contributed by atoms with van der Waals surface area (Å²) in [5, 5.41) is 0. The molecule has 21 heavy (non-hydrogen) atoms. The maximum atomic E-state index is 13.3. The molecule has 0 aliphatic rings. The van der Waals surface area contributed by atoms with Crippen molar-refractivity contribution in [2.24, 2.45) is 0 Å². The van der Waals surface area contributed by atoms with Gasteiger partial charge in [0, 0.05) is 12.1 Å². The molecule has 0 fully saturated rings. The Kier molecular flexibility index (Phi) is 3.17. The van der Waals surface area contributed by atoms with Crippen LogP contribution in [0.4, 0.5) is 4.39 Å².